The summed E-state index contributed by atoms with van der Waals surface area (Å²) in [5.41, 5.74) is 0.386. The molecule has 5 rings (SSSR count). The quantitative estimate of drug-likeness (QED) is 0.230. The van der Waals surface area contributed by atoms with Crippen molar-refractivity contribution in [1.82, 2.24) is 9.97 Å². The number of aryl methyl sites for hydroxylation is 1. The van der Waals surface area contributed by atoms with Crippen LogP contribution < -0.4 is 4.90 Å². The molecule has 0 amide bonds. The molecule has 0 N–H and O–H groups in total. The number of ketones is 1. The average molecular weight is 584 g/mol. The summed E-state index contributed by atoms with van der Waals surface area (Å²) in [5.74, 6) is -1.25. The van der Waals surface area contributed by atoms with E-state index in [1.165, 1.54) is 6.20 Å². The highest BCUT2D eigenvalue weighted by Gasteiger charge is 2.41. The largest absolute Gasteiger partial charge is 0.437 e. The predicted molar refractivity (Wildman–Crippen MR) is 148 cm³/mol. The zero-order chi connectivity index (χ0) is 29.0. The molecule has 1 aliphatic heterocycles. The Bertz CT molecular complexity index is 1580. The number of anilines is 1. The molecule has 1 fully saturated rings. The number of carbonyl (C=O) groups excluding carboxylic acids is 1. The molecule has 0 spiro atoms. The number of hydrogen-bond acceptors (Lipinski definition) is 7. The predicted octanol–water partition coefficient (Wildman–Crippen LogP) is 5.81. The molecule has 0 saturated carbocycles. The molecule has 11 heteroatoms. The lowest BCUT2D eigenvalue weighted by Crippen LogP contribution is -2.40. The van der Waals surface area contributed by atoms with Gasteiger partial charge in [0, 0.05) is 31.3 Å². The first-order valence-corrected chi connectivity index (χ1v) is 14.9. The van der Waals surface area contributed by atoms with Crippen LogP contribution >= 0.6 is 0 Å². The SMILES string of the molecule is O=C(Cc1ccc(N2CCC(S(=O)(=O)CCc3ccccc3)CC2)nc1)c1oc(-c2ccccc2)nc1C(F)(F)F. The van der Waals surface area contributed by atoms with E-state index in [2.05, 4.69) is 9.97 Å². The van der Waals surface area contributed by atoms with Crippen molar-refractivity contribution in [3.05, 3.63) is 102 Å². The summed E-state index contributed by atoms with van der Waals surface area (Å²) in [6, 6.07) is 20.9. The van der Waals surface area contributed by atoms with Gasteiger partial charge in [-0.15, -0.1) is 0 Å². The van der Waals surface area contributed by atoms with Crippen LogP contribution in [0.4, 0.5) is 19.0 Å². The Hall–Kier alpha value is -3.99. The molecule has 7 nitrogen and oxygen atoms in total. The number of rotatable bonds is 9. The second-order valence-corrected chi connectivity index (χ2v) is 12.4. The van der Waals surface area contributed by atoms with E-state index in [4.69, 9.17) is 4.42 Å². The van der Waals surface area contributed by atoms with Gasteiger partial charge < -0.3 is 9.32 Å². The lowest BCUT2D eigenvalue weighted by molar-refractivity contribution is -0.141. The van der Waals surface area contributed by atoms with E-state index in [9.17, 15) is 26.4 Å². The number of carbonyl (C=O) groups is 1. The molecule has 214 valence electrons. The molecule has 1 saturated heterocycles. The third kappa shape index (κ3) is 6.84. The summed E-state index contributed by atoms with van der Waals surface area (Å²) in [7, 11) is -3.24. The minimum atomic E-state index is -4.86. The van der Waals surface area contributed by atoms with E-state index in [-0.39, 0.29) is 18.1 Å². The minimum Gasteiger partial charge on any atom is -0.432 e. The first kappa shape index (κ1) is 28.5. The van der Waals surface area contributed by atoms with E-state index < -0.39 is 38.5 Å². The van der Waals surface area contributed by atoms with E-state index in [1.54, 1.807) is 42.5 Å². The van der Waals surface area contributed by atoms with Gasteiger partial charge in [0.15, 0.2) is 15.5 Å². The van der Waals surface area contributed by atoms with Gasteiger partial charge in [-0.1, -0.05) is 54.6 Å². The zero-order valence-corrected chi connectivity index (χ0v) is 22.9. The number of pyridine rings is 1. The van der Waals surface area contributed by atoms with Crippen molar-refractivity contribution in [1.29, 1.82) is 0 Å². The van der Waals surface area contributed by atoms with Gasteiger partial charge >= 0.3 is 6.18 Å². The van der Waals surface area contributed by atoms with Crippen molar-refractivity contribution in [2.75, 3.05) is 23.7 Å². The number of piperidine rings is 1. The smallest absolute Gasteiger partial charge is 0.432 e. The number of hydrogen-bond donors (Lipinski definition) is 0. The average Bonchev–Trinajstić information content (AvgIpc) is 3.45. The maximum absolute atomic E-state index is 13.6. The summed E-state index contributed by atoms with van der Waals surface area (Å²) in [6.45, 7) is 1.02. The number of nitrogens with zero attached hydrogens (tertiary/aromatic N) is 3. The van der Waals surface area contributed by atoms with Crippen molar-refractivity contribution < 1.29 is 30.8 Å². The van der Waals surface area contributed by atoms with Crippen molar-refractivity contribution >= 4 is 21.4 Å². The van der Waals surface area contributed by atoms with Gasteiger partial charge in [0.2, 0.25) is 17.4 Å². The molecule has 2 aromatic heterocycles. The summed E-state index contributed by atoms with van der Waals surface area (Å²) in [5, 5.41) is -0.412. The lowest BCUT2D eigenvalue weighted by Gasteiger charge is -2.32. The van der Waals surface area contributed by atoms with E-state index in [0.717, 1.165) is 5.56 Å². The number of benzene rings is 2. The molecule has 41 heavy (non-hydrogen) atoms. The Morgan fingerprint density at radius 2 is 1.59 bits per heavy atom. The maximum Gasteiger partial charge on any atom is 0.437 e. The van der Waals surface area contributed by atoms with E-state index in [0.29, 0.717) is 49.3 Å². The van der Waals surface area contributed by atoms with Crippen LogP contribution in [0.25, 0.3) is 11.5 Å². The minimum absolute atomic E-state index is 0.108. The number of halogens is 3. The van der Waals surface area contributed by atoms with Crippen molar-refractivity contribution in [2.45, 2.75) is 37.1 Å². The number of Topliss-reactive ketones (excluding diaryl/α,β-unsaturated/α-hetero) is 1. The molecule has 2 aromatic carbocycles. The highest BCUT2D eigenvalue weighted by Crippen LogP contribution is 2.35. The summed E-state index contributed by atoms with van der Waals surface area (Å²) < 4.78 is 72.0. The van der Waals surface area contributed by atoms with Crippen LogP contribution in [0.15, 0.2) is 83.4 Å². The molecule has 0 atom stereocenters. The second-order valence-electron chi connectivity index (χ2n) is 9.97. The van der Waals surface area contributed by atoms with Gasteiger partial charge in [0.1, 0.15) is 5.82 Å². The van der Waals surface area contributed by atoms with Crippen LogP contribution in [-0.2, 0) is 28.9 Å². The molecule has 0 unspecified atom stereocenters. The van der Waals surface area contributed by atoms with E-state index >= 15 is 0 Å². The summed E-state index contributed by atoms with van der Waals surface area (Å²) in [6.07, 6.45) is -2.32. The Morgan fingerprint density at radius 3 is 2.20 bits per heavy atom. The van der Waals surface area contributed by atoms with Gasteiger partial charge in [-0.3, -0.25) is 4.79 Å². The number of oxazole rings is 1. The van der Waals surface area contributed by atoms with Crippen LogP contribution in [0, 0.1) is 0 Å². The Labute approximate surface area is 236 Å². The van der Waals surface area contributed by atoms with Gasteiger partial charge in [-0.2, -0.15) is 13.2 Å². The summed E-state index contributed by atoms with van der Waals surface area (Å²) in [4.78, 5) is 22.8. The fraction of sp³-hybridized carbons (Fsp3) is 0.300. The number of sulfone groups is 1. The third-order valence-electron chi connectivity index (χ3n) is 7.14. The first-order valence-electron chi connectivity index (χ1n) is 13.2. The molecule has 0 radical (unpaired) electrons. The highest BCUT2D eigenvalue weighted by atomic mass is 32.2. The van der Waals surface area contributed by atoms with Crippen molar-refractivity contribution in [3.63, 3.8) is 0 Å². The molecule has 1 aliphatic rings. The van der Waals surface area contributed by atoms with Crippen LogP contribution in [0.1, 0.15) is 40.2 Å². The normalized spacial score (nSPS) is 14.8. The highest BCUT2D eigenvalue weighted by molar-refractivity contribution is 7.92. The molecular formula is C30H28F3N3O4S. The van der Waals surface area contributed by atoms with Crippen LogP contribution in [-0.4, -0.2) is 48.3 Å². The van der Waals surface area contributed by atoms with Gasteiger partial charge in [-0.25, -0.2) is 18.4 Å². The van der Waals surface area contributed by atoms with Gasteiger partial charge in [0.25, 0.3) is 0 Å². The summed E-state index contributed by atoms with van der Waals surface area (Å²) >= 11 is 0. The Morgan fingerprint density at radius 1 is 0.927 bits per heavy atom. The second kappa shape index (κ2) is 11.9. The Kier molecular flexibility index (Phi) is 8.25. The topological polar surface area (TPSA) is 93.4 Å². The molecule has 0 aliphatic carbocycles. The third-order valence-corrected chi connectivity index (χ3v) is 9.40. The molecule has 3 heterocycles. The van der Waals surface area contributed by atoms with Gasteiger partial charge in [0.05, 0.1) is 11.0 Å². The van der Waals surface area contributed by atoms with Crippen molar-refractivity contribution in [3.8, 4) is 11.5 Å². The monoisotopic (exact) mass is 583 g/mol. The fourth-order valence-electron chi connectivity index (χ4n) is 4.89. The standard InChI is InChI=1S/C30H28F3N3O4S/c31-30(32,33)28-27(40-29(35-28)23-9-5-2-6-10-23)25(37)19-22-11-12-26(34-20-22)36-16-13-24(14-17-36)41(38,39)18-15-21-7-3-1-4-8-21/h1-12,20,24H,13-19H2. The molecular weight excluding hydrogens is 555 g/mol. The molecule has 4 aromatic rings. The van der Waals surface area contributed by atoms with Crippen molar-refractivity contribution in [2.24, 2.45) is 0 Å². The lowest BCUT2D eigenvalue weighted by atomic mass is 10.1. The zero-order valence-electron chi connectivity index (χ0n) is 22.0. The number of aromatic nitrogens is 2. The Balaban J connectivity index is 1.20. The number of alkyl halides is 3. The molecule has 0 bridgehead atoms. The maximum atomic E-state index is 13.6. The van der Waals surface area contributed by atoms with Crippen LogP contribution in [0.3, 0.4) is 0 Å². The van der Waals surface area contributed by atoms with Gasteiger partial charge in [-0.05, 0) is 48.6 Å². The van der Waals surface area contributed by atoms with E-state index in [1.807, 2.05) is 35.2 Å². The van der Waals surface area contributed by atoms with Crippen LogP contribution in [0.5, 0.6) is 0 Å². The van der Waals surface area contributed by atoms with Crippen LogP contribution in [0.2, 0.25) is 0 Å². The first-order chi connectivity index (χ1) is 19.6. The fourth-order valence-corrected chi connectivity index (χ4v) is 6.68.